The summed E-state index contributed by atoms with van der Waals surface area (Å²) in [5, 5.41) is 3.16. The average molecular weight is 302 g/mol. The maximum Gasteiger partial charge on any atom is 0.401 e. The van der Waals surface area contributed by atoms with Crippen LogP contribution < -0.4 is 10.2 Å². The molecule has 0 bridgehead atoms. The van der Waals surface area contributed by atoms with E-state index in [9.17, 15) is 13.2 Å². The van der Waals surface area contributed by atoms with Crippen LogP contribution in [0.4, 0.5) is 19.0 Å². The van der Waals surface area contributed by atoms with E-state index in [2.05, 4.69) is 17.2 Å². The molecule has 0 aromatic carbocycles. The molecule has 0 saturated carbocycles. The first-order valence-corrected chi connectivity index (χ1v) is 7.06. The molecule has 1 N–H and O–H groups in total. The van der Waals surface area contributed by atoms with Gasteiger partial charge in [0.2, 0.25) is 0 Å². The monoisotopic (exact) mass is 302 g/mol. The molecular formula is C14H21F3N4. The van der Waals surface area contributed by atoms with Crippen LogP contribution in [0.2, 0.25) is 0 Å². The number of pyridine rings is 1. The van der Waals surface area contributed by atoms with Crippen LogP contribution in [-0.4, -0.2) is 55.8 Å². The number of alkyl halides is 3. The number of nitrogens with zero attached hydrogens (tertiary/aromatic N) is 3. The van der Waals surface area contributed by atoms with Gasteiger partial charge < -0.3 is 10.2 Å². The van der Waals surface area contributed by atoms with Gasteiger partial charge in [0.05, 0.1) is 6.54 Å². The van der Waals surface area contributed by atoms with Crippen LogP contribution in [0.5, 0.6) is 0 Å². The quantitative estimate of drug-likeness (QED) is 0.922. The van der Waals surface area contributed by atoms with Gasteiger partial charge in [0, 0.05) is 38.4 Å². The first-order valence-electron chi connectivity index (χ1n) is 7.06. The van der Waals surface area contributed by atoms with E-state index in [1.165, 1.54) is 4.90 Å². The summed E-state index contributed by atoms with van der Waals surface area (Å²) in [4.78, 5) is 7.82. The normalized spacial score (nSPS) is 18.8. The summed E-state index contributed by atoms with van der Waals surface area (Å²) in [6.45, 7) is 3.19. The van der Waals surface area contributed by atoms with Crippen molar-refractivity contribution in [3.05, 3.63) is 23.9 Å². The Morgan fingerprint density at radius 3 is 2.52 bits per heavy atom. The number of anilines is 1. The van der Waals surface area contributed by atoms with Gasteiger partial charge in [0.1, 0.15) is 5.82 Å². The van der Waals surface area contributed by atoms with Crippen molar-refractivity contribution in [2.45, 2.75) is 19.1 Å². The van der Waals surface area contributed by atoms with Crippen molar-refractivity contribution in [3.8, 4) is 0 Å². The van der Waals surface area contributed by atoms with E-state index in [4.69, 9.17) is 0 Å². The van der Waals surface area contributed by atoms with Gasteiger partial charge in [0.15, 0.2) is 0 Å². The maximum absolute atomic E-state index is 12.4. The van der Waals surface area contributed by atoms with E-state index in [0.717, 1.165) is 11.4 Å². The van der Waals surface area contributed by atoms with Crippen molar-refractivity contribution in [2.75, 3.05) is 44.7 Å². The van der Waals surface area contributed by atoms with Crippen LogP contribution in [0.3, 0.4) is 0 Å². The molecule has 1 aromatic heterocycles. The van der Waals surface area contributed by atoms with Gasteiger partial charge in [-0.3, -0.25) is 4.90 Å². The Morgan fingerprint density at radius 2 is 1.95 bits per heavy atom. The molecular weight excluding hydrogens is 281 g/mol. The molecule has 1 aliphatic rings. The molecule has 1 aliphatic heterocycles. The summed E-state index contributed by atoms with van der Waals surface area (Å²) in [6.07, 6.45) is -2.37. The van der Waals surface area contributed by atoms with Crippen molar-refractivity contribution in [1.82, 2.24) is 15.2 Å². The van der Waals surface area contributed by atoms with Crippen molar-refractivity contribution >= 4 is 5.82 Å². The molecule has 118 valence electrons. The summed E-state index contributed by atoms with van der Waals surface area (Å²) in [5.74, 6) is 0.834. The lowest BCUT2D eigenvalue weighted by Gasteiger charge is -2.35. The van der Waals surface area contributed by atoms with Crippen molar-refractivity contribution < 1.29 is 13.2 Å². The number of hydrogen-bond acceptors (Lipinski definition) is 4. The minimum atomic E-state index is -4.12. The zero-order valence-corrected chi connectivity index (χ0v) is 12.3. The third-order valence-corrected chi connectivity index (χ3v) is 3.80. The van der Waals surface area contributed by atoms with E-state index >= 15 is 0 Å². The fourth-order valence-electron chi connectivity index (χ4n) is 2.43. The lowest BCUT2D eigenvalue weighted by Crippen LogP contribution is -2.49. The highest BCUT2D eigenvalue weighted by molar-refractivity contribution is 5.42. The smallest absolute Gasteiger partial charge is 0.354 e. The number of hydrogen-bond donors (Lipinski definition) is 1. The van der Waals surface area contributed by atoms with Crippen LogP contribution >= 0.6 is 0 Å². The highest BCUT2D eigenvalue weighted by Crippen LogP contribution is 2.21. The van der Waals surface area contributed by atoms with Crippen LogP contribution in [0.15, 0.2) is 18.3 Å². The largest absolute Gasteiger partial charge is 0.401 e. The van der Waals surface area contributed by atoms with E-state index in [1.807, 2.05) is 24.1 Å². The molecule has 7 heteroatoms. The first kappa shape index (κ1) is 16.0. The first-order chi connectivity index (χ1) is 9.89. The second-order valence-electron chi connectivity index (χ2n) is 5.34. The highest BCUT2D eigenvalue weighted by Gasteiger charge is 2.32. The molecule has 1 aromatic rings. The maximum atomic E-state index is 12.4. The number of piperazine rings is 1. The summed E-state index contributed by atoms with van der Waals surface area (Å²) < 4.78 is 37.1. The van der Waals surface area contributed by atoms with Gasteiger partial charge in [-0.1, -0.05) is 0 Å². The summed E-state index contributed by atoms with van der Waals surface area (Å²) >= 11 is 0. The second-order valence-corrected chi connectivity index (χ2v) is 5.34. The highest BCUT2D eigenvalue weighted by atomic mass is 19.4. The van der Waals surface area contributed by atoms with Gasteiger partial charge in [-0.25, -0.2) is 4.98 Å². The third-order valence-electron chi connectivity index (χ3n) is 3.80. The predicted octanol–water partition coefficient (Wildman–Crippen LogP) is 2.05. The van der Waals surface area contributed by atoms with E-state index in [-0.39, 0.29) is 6.04 Å². The number of aromatic nitrogens is 1. The fourth-order valence-corrected chi connectivity index (χ4v) is 2.43. The Bertz CT molecular complexity index is 456. The van der Waals surface area contributed by atoms with Gasteiger partial charge >= 0.3 is 6.18 Å². The standard InChI is InChI=1S/C14H21F3N4/c1-11(18-2)12-3-4-19-13(9-12)21-7-5-20(6-8-21)10-14(15,16)17/h3-4,9,11,18H,5-8,10H2,1-2H3. The van der Waals surface area contributed by atoms with E-state index < -0.39 is 12.7 Å². The summed E-state index contributed by atoms with van der Waals surface area (Å²) in [6, 6.07) is 4.17. The molecule has 1 unspecified atom stereocenters. The fraction of sp³-hybridized carbons (Fsp3) is 0.643. The Kier molecular flexibility index (Phi) is 5.05. The molecule has 0 radical (unpaired) electrons. The molecule has 2 heterocycles. The lowest BCUT2D eigenvalue weighted by atomic mass is 10.1. The third kappa shape index (κ3) is 4.57. The van der Waals surface area contributed by atoms with Crippen LogP contribution in [0, 0.1) is 0 Å². The number of nitrogens with one attached hydrogen (secondary N) is 1. The van der Waals surface area contributed by atoms with Crippen molar-refractivity contribution in [1.29, 1.82) is 0 Å². The minimum absolute atomic E-state index is 0.221. The van der Waals surface area contributed by atoms with Crippen molar-refractivity contribution in [2.24, 2.45) is 0 Å². The summed E-state index contributed by atoms with van der Waals surface area (Å²) in [5.41, 5.74) is 1.13. The minimum Gasteiger partial charge on any atom is -0.354 e. The molecule has 21 heavy (non-hydrogen) atoms. The van der Waals surface area contributed by atoms with Crippen LogP contribution in [0.25, 0.3) is 0 Å². The van der Waals surface area contributed by atoms with Gasteiger partial charge in [-0.15, -0.1) is 0 Å². The van der Waals surface area contributed by atoms with Gasteiger partial charge in [-0.05, 0) is 31.7 Å². The molecule has 4 nitrogen and oxygen atoms in total. The average Bonchev–Trinajstić information content (AvgIpc) is 2.45. The van der Waals surface area contributed by atoms with E-state index in [0.29, 0.717) is 26.2 Å². The molecule has 1 fully saturated rings. The van der Waals surface area contributed by atoms with Crippen LogP contribution in [-0.2, 0) is 0 Å². The number of rotatable bonds is 4. The van der Waals surface area contributed by atoms with E-state index in [1.54, 1.807) is 6.20 Å². The predicted molar refractivity (Wildman–Crippen MR) is 76.4 cm³/mol. The summed E-state index contributed by atoms with van der Waals surface area (Å²) in [7, 11) is 1.89. The Labute approximate surface area is 122 Å². The molecule has 0 amide bonds. The molecule has 1 saturated heterocycles. The Hall–Kier alpha value is -1.34. The Morgan fingerprint density at radius 1 is 1.29 bits per heavy atom. The Balaban J connectivity index is 1.96. The van der Waals surface area contributed by atoms with Crippen molar-refractivity contribution in [3.63, 3.8) is 0 Å². The van der Waals surface area contributed by atoms with Gasteiger partial charge in [0.25, 0.3) is 0 Å². The number of halogens is 3. The zero-order valence-electron chi connectivity index (χ0n) is 12.3. The van der Waals surface area contributed by atoms with Crippen LogP contribution in [0.1, 0.15) is 18.5 Å². The lowest BCUT2D eigenvalue weighted by molar-refractivity contribution is -0.146. The zero-order chi connectivity index (χ0) is 15.5. The molecule has 0 spiro atoms. The van der Waals surface area contributed by atoms with Gasteiger partial charge in [-0.2, -0.15) is 13.2 Å². The topological polar surface area (TPSA) is 31.4 Å². The molecule has 2 rings (SSSR count). The molecule has 0 aliphatic carbocycles. The second kappa shape index (κ2) is 6.62. The SMILES string of the molecule is CNC(C)c1ccnc(N2CCN(CC(F)(F)F)CC2)c1. The molecule has 1 atom stereocenters.